The van der Waals surface area contributed by atoms with E-state index >= 15 is 0 Å². The highest BCUT2D eigenvalue weighted by Crippen LogP contribution is 2.12. The zero-order valence-corrected chi connectivity index (χ0v) is 16.6. The van der Waals surface area contributed by atoms with E-state index in [-0.39, 0.29) is 5.97 Å². The fraction of sp³-hybridized carbons (Fsp3) is 0.905. The highest BCUT2D eigenvalue weighted by molar-refractivity contribution is 5.75. The summed E-state index contributed by atoms with van der Waals surface area (Å²) < 4.78 is 10.2. The topological polar surface area (TPSA) is 52.6 Å². The van der Waals surface area contributed by atoms with Gasteiger partial charge in [0.1, 0.15) is 0 Å². The van der Waals surface area contributed by atoms with Crippen molar-refractivity contribution < 1.29 is 19.1 Å². The monoisotopic (exact) mass is 356 g/mol. The molecule has 1 unspecified atom stereocenters. The molecule has 0 radical (unpaired) electrons. The van der Waals surface area contributed by atoms with Gasteiger partial charge in [0.15, 0.2) is 6.10 Å². The second-order valence-corrected chi connectivity index (χ2v) is 6.92. The standard InChI is InChI=1S/C21H40O4/c1-3-5-7-9-11-13-15-17-20(25-19-22)21(23)24-18-16-14-12-10-8-6-4-2/h19-20H,3-18H2,1-2H3. The first-order valence-corrected chi connectivity index (χ1v) is 10.5. The molecule has 0 N–H and O–H groups in total. The largest absolute Gasteiger partial charge is 0.463 e. The van der Waals surface area contributed by atoms with Gasteiger partial charge in [-0.25, -0.2) is 4.79 Å². The maximum Gasteiger partial charge on any atom is 0.347 e. The van der Waals surface area contributed by atoms with Gasteiger partial charge < -0.3 is 9.47 Å². The Morgan fingerprint density at radius 1 is 0.760 bits per heavy atom. The van der Waals surface area contributed by atoms with Crippen LogP contribution in [0.4, 0.5) is 0 Å². The van der Waals surface area contributed by atoms with Crippen LogP contribution in [0.1, 0.15) is 110 Å². The number of rotatable bonds is 19. The summed E-state index contributed by atoms with van der Waals surface area (Å²) in [6.45, 7) is 5.21. The van der Waals surface area contributed by atoms with E-state index in [4.69, 9.17) is 9.47 Å². The normalized spacial score (nSPS) is 11.9. The average Bonchev–Trinajstić information content (AvgIpc) is 2.62. The summed E-state index contributed by atoms with van der Waals surface area (Å²) in [5, 5.41) is 0. The molecule has 0 aliphatic rings. The van der Waals surface area contributed by atoms with E-state index in [0.29, 0.717) is 19.5 Å². The third-order valence-electron chi connectivity index (χ3n) is 4.54. The number of ether oxygens (including phenoxy) is 2. The third kappa shape index (κ3) is 16.2. The predicted molar refractivity (Wildman–Crippen MR) is 102 cm³/mol. The van der Waals surface area contributed by atoms with Crippen molar-refractivity contribution in [1.82, 2.24) is 0 Å². The molecule has 0 aromatic rings. The maximum atomic E-state index is 12.0. The minimum atomic E-state index is -0.724. The summed E-state index contributed by atoms with van der Waals surface area (Å²) >= 11 is 0. The van der Waals surface area contributed by atoms with Crippen molar-refractivity contribution in [3.63, 3.8) is 0 Å². The molecule has 0 aromatic heterocycles. The molecule has 25 heavy (non-hydrogen) atoms. The Bertz CT molecular complexity index is 304. The zero-order valence-electron chi connectivity index (χ0n) is 16.6. The SMILES string of the molecule is CCCCCCCCCOC(=O)C(CCCCCCCCC)OC=O. The lowest BCUT2D eigenvalue weighted by molar-refractivity contribution is -0.162. The highest BCUT2D eigenvalue weighted by Gasteiger charge is 2.20. The van der Waals surface area contributed by atoms with Gasteiger partial charge in [-0.05, 0) is 19.3 Å². The van der Waals surface area contributed by atoms with E-state index in [2.05, 4.69) is 13.8 Å². The van der Waals surface area contributed by atoms with Crippen LogP contribution in [-0.4, -0.2) is 25.2 Å². The molecule has 0 heterocycles. The molecule has 1 atom stereocenters. The van der Waals surface area contributed by atoms with Crippen LogP contribution in [0, 0.1) is 0 Å². The van der Waals surface area contributed by atoms with Gasteiger partial charge >= 0.3 is 5.97 Å². The van der Waals surface area contributed by atoms with Crippen LogP contribution in [0.25, 0.3) is 0 Å². The molecule has 0 aliphatic heterocycles. The second kappa shape index (κ2) is 19.3. The minimum absolute atomic E-state index is 0.362. The molecule has 0 saturated heterocycles. The summed E-state index contributed by atoms with van der Waals surface area (Å²) in [4.78, 5) is 22.6. The van der Waals surface area contributed by atoms with Gasteiger partial charge in [0.05, 0.1) is 6.61 Å². The van der Waals surface area contributed by atoms with Gasteiger partial charge in [0, 0.05) is 0 Å². The number of esters is 1. The molecule has 0 fully saturated rings. The number of carbonyl (C=O) groups excluding carboxylic acids is 2. The summed E-state index contributed by atoms with van der Waals surface area (Å²) in [6, 6.07) is 0. The van der Waals surface area contributed by atoms with Crippen molar-refractivity contribution >= 4 is 12.4 Å². The van der Waals surface area contributed by atoms with Gasteiger partial charge in [0.25, 0.3) is 6.47 Å². The number of unbranched alkanes of at least 4 members (excludes halogenated alkanes) is 12. The Morgan fingerprint density at radius 3 is 1.76 bits per heavy atom. The predicted octanol–water partition coefficient (Wildman–Crippen LogP) is 5.96. The molecule has 0 bridgehead atoms. The highest BCUT2D eigenvalue weighted by atomic mass is 16.6. The Balaban J connectivity index is 3.68. The quantitative estimate of drug-likeness (QED) is 0.163. The molecule has 0 spiro atoms. The first kappa shape index (κ1) is 23.9. The van der Waals surface area contributed by atoms with Gasteiger partial charge in [-0.1, -0.05) is 90.9 Å². The minimum Gasteiger partial charge on any atom is -0.463 e. The first-order chi connectivity index (χ1) is 12.3. The molecule has 0 amide bonds. The van der Waals surface area contributed by atoms with E-state index in [1.165, 1.54) is 64.2 Å². The Morgan fingerprint density at radius 2 is 1.24 bits per heavy atom. The molecule has 0 aliphatic carbocycles. The van der Waals surface area contributed by atoms with E-state index in [1.54, 1.807) is 0 Å². The van der Waals surface area contributed by atoms with Crippen molar-refractivity contribution in [2.24, 2.45) is 0 Å². The van der Waals surface area contributed by atoms with Crippen molar-refractivity contribution in [3.8, 4) is 0 Å². The van der Waals surface area contributed by atoms with Crippen molar-refractivity contribution in [2.45, 2.75) is 116 Å². The molecular weight excluding hydrogens is 316 g/mol. The first-order valence-electron chi connectivity index (χ1n) is 10.5. The Labute approximate surface area is 155 Å². The van der Waals surface area contributed by atoms with E-state index < -0.39 is 6.10 Å². The fourth-order valence-electron chi connectivity index (χ4n) is 2.92. The molecule has 0 aromatic carbocycles. The van der Waals surface area contributed by atoms with Gasteiger partial charge in [-0.3, -0.25) is 4.79 Å². The Kier molecular flexibility index (Phi) is 18.5. The third-order valence-corrected chi connectivity index (χ3v) is 4.54. The smallest absolute Gasteiger partial charge is 0.347 e. The molecule has 0 saturated carbocycles. The lowest BCUT2D eigenvalue weighted by Crippen LogP contribution is -2.26. The lowest BCUT2D eigenvalue weighted by atomic mass is 10.1. The number of hydrogen-bond donors (Lipinski definition) is 0. The molecular formula is C21H40O4. The molecule has 148 valence electrons. The van der Waals surface area contributed by atoms with Crippen LogP contribution >= 0.6 is 0 Å². The van der Waals surface area contributed by atoms with Crippen LogP contribution in [0.2, 0.25) is 0 Å². The van der Waals surface area contributed by atoms with Crippen molar-refractivity contribution in [1.29, 1.82) is 0 Å². The second-order valence-electron chi connectivity index (χ2n) is 6.92. The fourth-order valence-corrected chi connectivity index (χ4v) is 2.92. The van der Waals surface area contributed by atoms with Gasteiger partial charge in [-0.15, -0.1) is 0 Å². The number of carbonyl (C=O) groups is 2. The maximum absolute atomic E-state index is 12.0. The van der Waals surface area contributed by atoms with Crippen molar-refractivity contribution in [3.05, 3.63) is 0 Å². The zero-order chi connectivity index (χ0) is 18.6. The summed E-state index contributed by atoms with van der Waals surface area (Å²) in [5.74, 6) is -0.385. The van der Waals surface area contributed by atoms with Crippen LogP contribution < -0.4 is 0 Å². The molecule has 4 heteroatoms. The van der Waals surface area contributed by atoms with Crippen LogP contribution in [0.5, 0.6) is 0 Å². The summed E-state index contributed by atoms with van der Waals surface area (Å²) in [7, 11) is 0. The molecule has 0 rings (SSSR count). The van der Waals surface area contributed by atoms with E-state index in [1.807, 2.05) is 0 Å². The van der Waals surface area contributed by atoms with E-state index in [9.17, 15) is 9.59 Å². The van der Waals surface area contributed by atoms with E-state index in [0.717, 1.165) is 25.7 Å². The van der Waals surface area contributed by atoms with Crippen LogP contribution in [-0.2, 0) is 19.1 Å². The Hall–Kier alpha value is -1.06. The van der Waals surface area contributed by atoms with Crippen LogP contribution in [0.15, 0.2) is 0 Å². The average molecular weight is 357 g/mol. The summed E-state index contributed by atoms with van der Waals surface area (Å²) in [6.07, 6.45) is 16.4. The van der Waals surface area contributed by atoms with Gasteiger partial charge in [0.2, 0.25) is 0 Å². The molecule has 4 nitrogen and oxygen atoms in total. The van der Waals surface area contributed by atoms with Crippen LogP contribution in [0.3, 0.4) is 0 Å². The van der Waals surface area contributed by atoms with Gasteiger partial charge in [-0.2, -0.15) is 0 Å². The number of hydrogen-bond acceptors (Lipinski definition) is 4. The lowest BCUT2D eigenvalue weighted by Gasteiger charge is -2.14. The van der Waals surface area contributed by atoms with Crippen molar-refractivity contribution in [2.75, 3.05) is 6.61 Å². The summed E-state index contributed by atoms with van der Waals surface area (Å²) in [5.41, 5.74) is 0.